The van der Waals surface area contributed by atoms with Crippen LogP contribution in [0.1, 0.15) is 0 Å². The van der Waals surface area contributed by atoms with Gasteiger partial charge in [0.25, 0.3) is 0 Å². The zero-order valence-corrected chi connectivity index (χ0v) is 17.8. The first kappa shape index (κ1) is 18.2. The molecule has 0 radical (unpaired) electrons. The fraction of sp³-hybridized carbons (Fsp3) is 0.0400. The summed E-state index contributed by atoms with van der Waals surface area (Å²) in [7, 11) is 0. The number of benzene rings is 4. The summed E-state index contributed by atoms with van der Waals surface area (Å²) < 4.78 is 5.60. The summed E-state index contributed by atoms with van der Waals surface area (Å²) in [6, 6.07) is 44.2. The van der Waals surface area contributed by atoms with E-state index in [1.54, 1.807) is 0 Å². The van der Waals surface area contributed by atoms with E-state index >= 15 is 0 Å². The van der Waals surface area contributed by atoms with Gasteiger partial charge in [-0.05, 0) is 0 Å². The van der Waals surface area contributed by atoms with Crippen molar-refractivity contribution in [3.63, 3.8) is 0 Å². The molecule has 0 heterocycles. The molecule has 0 saturated carbocycles. The van der Waals surface area contributed by atoms with Gasteiger partial charge in [-0.2, -0.15) is 0 Å². The van der Waals surface area contributed by atoms with Gasteiger partial charge in [0.1, 0.15) is 0 Å². The standard InChI is InChI=1S/C25H22AsS/c1-5-13-22(14-6-1)26(23-15-7-2-8-16-23,24-17-9-3-10-18-24)21-27-25-19-11-4-12-20-25/h1-20H,21H2/q+1. The van der Waals surface area contributed by atoms with Crippen molar-refractivity contribution in [1.29, 1.82) is 0 Å². The molecule has 4 aromatic carbocycles. The monoisotopic (exact) mass is 429 g/mol. The van der Waals surface area contributed by atoms with Gasteiger partial charge in [0, 0.05) is 0 Å². The average Bonchev–Trinajstić information content (AvgIpc) is 2.77. The Bertz CT molecular complexity index is 857. The fourth-order valence-electron chi connectivity index (χ4n) is 3.41. The molecule has 0 amide bonds. The molecule has 0 aromatic heterocycles. The minimum atomic E-state index is -2.60. The first-order valence-electron chi connectivity index (χ1n) is 9.12. The first-order valence-corrected chi connectivity index (χ1v) is 14.2. The molecule has 0 fully saturated rings. The van der Waals surface area contributed by atoms with Gasteiger partial charge in [0.05, 0.1) is 0 Å². The second-order valence-corrected chi connectivity index (χ2v) is 15.7. The van der Waals surface area contributed by atoms with Crippen LogP contribution in [0.15, 0.2) is 126 Å². The van der Waals surface area contributed by atoms with Gasteiger partial charge in [0.15, 0.2) is 0 Å². The van der Waals surface area contributed by atoms with Crippen molar-refractivity contribution in [2.75, 3.05) is 4.54 Å². The molecule has 4 rings (SSSR count). The molecule has 0 atom stereocenters. The maximum atomic E-state index is 2.33. The van der Waals surface area contributed by atoms with E-state index in [9.17, 15) is 0 Å². The number of hydrogen-bond donors (Lipinski definition) is 0. The van der Waals surface area contributed by atoms with E-state index in [-0.39, 0.29) is 0 Å². The van der Waals surface area contributed by atoms with Crippen molar-refractivity contribution in [1.82, 2.24) is 0 Å². The molecule has 27 heavy (non-hydrogen) atoms. The first-order chi connectivity index (χ1) is 13.4. The second-order valence-electron chi connectivity index (χ2n) is 6.40. The molecule has 0 aliphatic carbocycles. The molecule has 0 spiro atoms. The molecule has 0 nitrogen and oxygen atoms in total. The Kier molecular flexibility index (Phi) is 5.82. The Morgan fingerprint density at radius 2 is 0.778 bits per heavy atom. The second kappa shape index (κ2) is 8.65. The van der Waals surface area contributed by atoms with E-state index in [2.05, 4.69) is 121 Å². The van der Waals surface area contributed by atoms with Crippen molar-refractivity contribution in [3.8, 4) is 0 Å². The molecule has 0 bridgehead atoms. The number of rotatable bonds is 6. The third-order valence-electron chi connectivity index (χ3n) is 4.76. The number of thioether (sulfide) groups is 1. The zero-order chi connectivity index (χ0) is 18.4. The van der Waals surface area contributed by atoms with Crippen LogP contribution in [0.2, 0.25) is 0 Å². The van der Waals surface area contributed by atoms with E-state index in [1.807, 2.05) is 11.8 Å². The van der Waals surface area contributed by atoms with Gasteiger partial charge < -0.3 is 0 Å². The molecular weight excluding hydrogens is 407 g/mol. The van der Waals surface area contributed by atoms with Crippen molar-refractivity contribution in [2.45, 2.75) is 4.90 Å². The van der Waals surface area contributed by atoms with Gasteiger partial charge in [0.2, 0.25) is 0 Å². The normalized spacial score (nSPS) is 11.3. The molecule has 132 valence electrons. The van der Waals surface area contributed by atoms with Crippen molar-refractivity contribution in [3.05, 3.63) is 121 Å². The van der Waals surface area contributed by atoms with Crippen LogP contribution in [0.25, 0.3) is 0 Å². The Morgan fingerprint density at radius 3 is 1.15 bits per heavy atom. The predicted molar refractivity (Wildman–Crippen MR) is 121 cm³/mol. The maximum absolute atomic E-state index is 2.60. The quantitative estimate of drug-likeness (QED) is 0.322. The van der Waals surface area contributed by atoms with E-state index < -0.39 is 13.6 Å². The summed E-state index contributed by atoms with van der Waals surface area (Å²) in [4.78, 5) is 1.34. The summed E-state index contributed by atoms with van der Waals surface area (Å²) in [5, 5.41) is 0. The van der Waals surface area contributed by atoms with Crippen molar-refractivity contribution >= 4 is 38.4 Å². The van der Waals surface area contributed by atoms with Gasteiger partial charge >= 0.3 is 169 Å². The number of hydrogen-bond acceptors (Lipinski definition) is 1. The van der Waals surface area contributed by atoms with E-state index in [4.69, 9.17) is 0 Å². The van der Waals surface area contributed by atoms with Gasteiger partial charge in [-0.15, -0.1) is 0 Å². The van der Waals surface area contributed by atoms with Crippen LogP contribution < -0.4 is 13.1 Å². The zero-order valence-electron chi connectivity index (χ0n) is 15.1. The molecule has 0 saturated heterocycles. The summed E-state index contributed by atoms with van der Waals surface area (Å²) >= 11 is -0.616. The molecule has 0 N–H and O–H groups in total. The molecular formula is C25H22AsS+. The SMILES string of the molecule is c1ccc(SC[As+](c2ccccc2)(c2ccccc2)c2ccccc2)cc1. The predicted octanol–water partition coefficient (Wildman–Crippen LogP) is 4.49. The Labute approximate surface area is 168 Å². The van der Waals surface area contributed by atoms with E-state index in [1.165, 1.54) is 17.9 Å². The summed E-state index contributed by atoms with van der Waals surface area (Å²) in [5.41, 5.74) is 0. The topological polar surface area (TPSA) is 0 Å². The van der Waals surface area contributed by atoms with Crippen LogP contribution in [0.4, 0.5) is 0 Å². The van der Waals surface area contributed by atoms with Crippen LogP contribution in [0.5, 0.6) is 0 Å². The van der Waals surface area contributed by atoms with Gasteiger partial charge in [-0.1, -0.05) is 0 Å². The van der Waals surface area contributed by atoms with Gasteiger partial charge in [-0.3, -0.25) is 0 Å². The van der Waals surface area contributed by atoms with Crippen molar-refractivity contribution < 1.29 is 0 Å². The summed E-state index contributed by atoms with van der Waals surface area (Å²) in [6.45, 7) is 0. The Morgan fingerprint density at radius 1 is 0.444 bits per heavy atom. The third kappa shape index (κ3) is 3.90. The van der Waals surface area contributed by atoms with Crippen LogP contribution in [-0.2, 0) is 0 Å². The average molecular weight is 429 g/mol. The molecule has 0 unspecified atom stereocenters. The molecule has 0 aliphatic rings. The van der Waals surface area contributed by atoms with Crippen LogP contribution in [-0.4, -0.2) is 18.1 Å². The summed E-state index contributed by atoms with van der Waals surface area (Å²) in [5.74, 6) is 0. The van der Waals surface area contributed by atoms with Crippen molar-refractivity contribution in [2.24, 2.45) is 0 Å². The molecule has 2 heteroatoms. The van der Waals surface area contributed by atoms with E-state index in [0.717, 1.165) is 4.54 Å². The Balaban J connectivity index is 1.89. The van der Waals surface area contributed by atoms with Crippen LogP contribution in [0, 0.1) is 0 Å². The fourth-order valence-corrected chi connectivity index (χ4v) is 15.7. The van der Waals surface area contributed by atoms with Crippen LogP contribution in [0.3, 0.4) is 0 Å². The molecule has 4 aromatic rings. The minimum absolute atomic E-state index is 1.11. The third-order valence-corrected chi connectivity index (χ3v) is 16.6. The Hall–Kier alpha value is -2.21. The van der Waals surface area contributed by atoms with E-state index in [0.29, 0.717) is 0 Å². The summed E-state index contributed by atoms with van der Waals surface area (Å²) in [6.07, 6.45) is 0. The molecule has 0 aliphatic heterocycles. The van der Waals surface area contributed by atoms with Crippen LogP contribution >= 0.6 is 11.8 Å². The van der Waals surface area contributed by atoms with Gasteiger partial charge in [-0.25, -0.2) is 0 Å².